The first kappa shape index (κ1) is 22.2. The predicted octanol–water partition coefficient (Wildman–Crippen LogP) is 6.44. The molecule has 4 aromatic rings. The van der Waals surface area contributed by atoms with Crippen LogP contribution in [0.15, 0.2) is 55.0 Å². The van der Waals surface area contributed by atoms with E-state index in [1.807, 2.05) is 60.2 Å². The van der Waals surface area contributed by atoms with Gasteiger partial charge in [0.2, 0.25) is 0 Å². The summed E-state index contributed by atoms with van der Waals surface area (Å²) in [7, 11) is 0. The average molecular weight is 485 g/mol. The van der Waals surface area contributed by atoms with Crippen LogP contribution in [0.4, 0.5) is 10.8 Å². The molecule has 0 radical (unpaired) electrons. The Morgan fingerprint density at radius 2 is 2.03 bits per heavy atom. The SMILES string of the molecule is Cc1cn(-c2ccc(Nc3nc4c(s3)CCCC4(CC#N)c3ccc(Cl)cc3)cc2C#N)cn1. The van der Waals surface area contributed by atoms with Gasteiger partial charge >= 0.3 is 0 Å². The molecule has 1 atom stereocenters. The molecule has 1 N–H and O–H groups in total. The molecule has 0 aliphatic heterocycles. The highest BCUT2D eigenvalue weighted by Crippen LogP contribution is 2.47. The number of nitrogens with one attached hydrogen (secondary N) is 1. The third kappa shape index (κ3) is 3.94. The Balaban J connectivity index is 1.50. The molecule has 0 amide bonds. The maximum absolute atomic E-state index is 9.72. The largest absolute Gasteiger partial charge is 0.331 e. The quantitative estimate of drug-likeness (QED) is 0.352. The lowest BCUT2D eigenvalue weighted by Gasteiger charge is -2.35. The van der Waals surface area contributed by atoms with Crippen LogP contribution in [0.3, 0.4) is 0 Å². The number of rotatable bonds is 5. The molecular weight excluding hydrogens is 464 g/mol. The summed E-state index contributed by atoms with van der Waals surface area (Å²) in [6, 6.07) is 18.1. The number of benzene rings is 2. The number of imidazole rings is 1. The van der Waals surface area contributed by atoms with E-state index in [0.29, 0.717) is 17.0 Å². The molecule has 0 spiro atoms. The lowest BCUT2D eigenvalue weighted by Crippen LogP contribution is -2.32. The maximum atomic E-state index is 9.72. The third-order valence-corrected chi connectivity index (χ3v) is 7.58. The molecule has 2 aromatic carbocycles. The van der Waals surface area contributed by atoms with Crippen LogP contribution in [-0.4, -0.2) is 14.5 Å². The van der Waals surface area contributed by atoms with Crippen molar-refractivity contribution in [2.75, 3.05) is 5.32 Å². The molecule has 5 rings (SSSR count). The maximum Gasteiger partial charge on any atom is 0.187 e. The molecule has 0 bridgehead atoms. The Morgan fingerprint density at radius 3 is 2.74 bits per heavy atom. The summed E-state index contributed by atoms with van der Waals surface area (Å²) in [5.74, 6) is 0. The van der Waals surface area contributed by atoms with E-state index in [1.54, 1.807) is 17.7 Å². The van der Waals surface area contributed by atoms with Gasteiger partial charge in [-0.15, -0.1) is 11.3 Å². The number of nitrogens with zero attached hydrogens (tertiary/aromatic N) is 5. The third-order valence-electron chi connectivity index (χ3n) is 6.29. The van der Waals surface area contributed by atoms with Gasteiger partial charge in [0, 0.05) is 21.8 Å². The molecule has 0 fully saturated rings. The van der Waals surface area contributed by atoms with Gasteiger partial charge < -0.3 is 9.88 Å². The number of aryl methyl sites for hydroxylation is 2. The highest BCUT2D eigenvalue weighted by Gasteiger charge is 2.41. The summed E-state index contributed by atoms with van der Waals surface area (Å²) in [5, 5.41) is 24.2. The smallest absolute Gasteiger partial charge is 0.187 e. The molecular formula is C26H21ClN6S. The fraction of sp³-hybridized carbons (Fsp3) is 0.231. The number of hydrogen-bond donors (Lipinski definition) is 1. The van der Waals surface area contributed by atoms with Crippen LogP contribution in [0, 0.1) is 29.6 Å². The van der Waals surface area contributed by atoms with E-state index in [4.69, 9.17) is 16.6 Å². The van der Waals surface area contributed by atoms with Crippen molar-refractivity contribution in [2.45, 2.75) is 38.0 Å². The minimum atomic E-state index is -0.440. The molecule has 34 heavy (non-hydrogen) atoms. The second-order valence-corrected chi connectivity index (χ2v) is 9.98. The van der Waals surface area contributed by atoms with Gasteiger partial charge in [0.1, 0.15) is 6.07 Å². The lowest BCUT2D eigenvalue weighted by atomic mass is 9.68. The molecule has 2 aromatic heterocycles. The number of nitriles is 2. The molecule has 0 saturated heterocycles. The second kappa shape index (κ2) is 8.95. The predicted molar refractivity (Wildman–Crippen MR) is 134 cm³/mol. The van der Waals surface area contributed by atoms with E-state index in [9.17, 15) is 10.5 Å². The van der Waals surface area contributed by atoms with Crippen LogP contribution in [0.25, 0.3) is 5.69 Å². The second-order valence-electron chi connectivity index (χ2n) is 8.46. The zero-order valence-electron chi connectivity index (χ0n) is 18.5. The molecule has 1 aliphatic carbocycles. The first-order chi connectivity index (χ1) is 16.5. The molecule has 6 nitrogen and oxygen atoms in total. The van der Waals surface area contributed by atoms with E-state index in [2.05, 4.69) is 22.4 Å². The summed E-state index contributed by atoms with van der Waals surface area (Å²) >= 11 is 7.74. The topological polar surface area (TPSA) is 90.3 Å². The summed E-state index contributed by atoms with van der Waals surface area (Å²) < 4.78 is 1.85. The summed E-state index contributed by atoms with van der Waals surface area (Å²) in [6.45, 7) is 1.92. The van der Waals surface area contributed by atoms with E-state index < -0.39 is 5.41 Å². The van der Waals surface area contributed by atoms with Gasteiger partial charge in [-0.3, -0.25) is 0 Å². The Labute approximate surface area is 207 Å². The normalized spacial score (nSPS) is 16.9. The van der Waals surface area contributed by atoms with Crippen molar-refractivity contribution in [3.05, 3.63) is 87.4 Å². The van der Waals surface area contributed by atoms with E-state index in [1.165, 1.54) is 4.88 Å². The van der Waals surface area contributed by atoms with Crippen LogP contribution in [0.5, 0.6) is 0 Å². The first-order valence-electron chi connectivity index (χ1n) is 11.0. The van der Waals surface area contributed by atoms with Crippen molar-refractivity contribution in [2.24, 2.45) is 0 Å². The number of fused-ring (bicyclic) bond motifs is 1. The molecule has 1 unspecified atom stereocenters. The minimum Gasteiger partial charge on any atom is -0.331 e. The molecule has 0 saturated carbocycles. The summed E-state index contributed by atoms with van der Waals surface area (Å²) in [5.41, 5.74) is 4.61. The number of anilines is 2. The van der Waals surface area contributed by atoms with Gasteiger partial charge in [0.15, 0.2) is 5.13 Å². The Morgan fingerprint density at radius 1 is 1.21 bits per heavy atom. The fourth-order valence-electron chi connectivity index (χ4n) is 4.68. The highest BCUT2D eigenvalue weighted by atomic mass is 35.5. The van der Waals surface area contributed by atoms with Gasteiger partial charge in [-0.1, -0.05) is 23.7 Å². The van der Waals surface area contributed by atoms with Gasteiger partial charge in [-0.2, -0.15) is 10.5 Å². The zero-order chi connectivity index (χ0) is 23.7. The van der Waals surface area contributed by atoms with Crippen molar-refractivity contribution in [3.63, 3.8) is 0 Å². The van der Waals surface area contributed by atoms with Gasteiger partial charge in [-0.05, 0) is 62.1 Å². The average Bonchev–Trinajstić information content (AvgIpc) is 3.46. The highest BCUT2D eigenvalue weighted by molar-refractivity contribution is 7.15. The van der Waals surface area contributed by atoms with Gasteiger partial charge in [-0.25, -0.2) is 9.97 Å². The van der Waals surface area contributed by atoms with Crippen LogP contribution in [0.1, 0.15) is 46.7 Å². The fourth-order valence-corrected chi connectivity index (χ4v) is 5.93. The number of hydrogen-bond acceptors (Lipinski definition) is 6. The van der Waals surface area contributed by atoms with Crippen molar-refractivity contribution in [3.8, 4) is 17.8 Å². The standard InChI is InChI=1S/C26H21ClN6S/c1-17-15-33(16-30-17)22-9-8-21(13-18(22)14-29)31-25-32-24-23(34-25)3-2-10-26(24,11-12-28)19-4-6-20(27)7-5-19/h4-9,13,15-16H,2-3,10-11H2,1H3,(H,31,32). The molecule has 2 heterocycles. The van der Waals surface area contributed by atoms with Crippen molar-refractivity contribution < 1.29 is 0 Å². The summed E-state index contributed by atoms with van der Waals surface area (Å²) in [6.07, 6.45) is 6.77. The number of aromatic nitrogens is 3. The monoisotopic (exact) mass is 484 g/mol. The van der Waals surface area contributed by atoms with Crippen LogP contribution in [-0.2, 0) is 11.8 Å². The Kier molecular flexibility index (Phi) is 5.83. The first-order valence-corrected chi connectivity index (χ1v) is 12.2. The van der Waals surface area contributed by atoms with Crippen LogP contribution < -0.4 is 5.32 Å². The molecule has 168 valence electrons. The lowest BCUT2D eigenvalue weighted by molar-refractivity contribution is 0.427. The Bertz CT molecular complexity index is 1440. The Hall–Kier alpha value is -3.65. The molecule has 8 heteroatoms. The zero-order valence-corrected chi connectivity index (χ0v) is 20.1. The van der Waals surface area contributed by atoms with Crippen LogP contribution in [0.2, 0.25) is 5.02 Å². The van der Waals surface area contributed by atoms with Crippen LogP contribution >= 0.6 is 22.9 Å². The minimum absolute atomic E-state index is 0.363. The van der Waals surface area contributed by atoms with Crippen molar-refractivity contribution in [1.82, 2.24) is 14.5 Å². The number of halogens is 1. The summed E-state index contributed by atoms with van der Waals surface area (Å²) in [4.78, 5) is 10.4. The number of thiazole rings is 1. The van der Waals surface area contributed by atoms with E-state index in [0.717, 1.165) is 52.7 Å². The van der Waals surface area contributed by atoms with Gasteiger partial charge in [0.25, 0.3) is 0 Å². The van der Waals surface area contributed by atoms with E-state index >= 15 is 0 Å². The van der Waals surface area contributed by atoms with Gasteiger partial charge in [0.05, 0.1) is 46.9 Å². The molecule has 1 aliphatic rings. The van der Waals surface area contributed by atoms with E-state index in [-0.39, 0.29) is 0 Å². The van der Waals surface area contributed by atoms with Crippen molar-refractivity contribution >= 4 is 33.8 Å². The van der Waals surface area contributed by atoms with Crippen molar-refractivity contribution in [1.29, 1.82) is 10.5 Å².